The van der Waals surface area contributed by atoms with E-state index in [4.69, 9.17) is 0 Å². The number of nitrogens with zero attached hydrogens (tertiary/aromatic N) is 4. The van der Waals surface area contributed by atoms with E-state index >= 15 is 0 Å². The predicted molar refractivity (Wildman–Crippen MR) is 65.1 cm³/mol. The minimum atomic E-state index is -0.755. The van der Waals surface area contributed by atoms with Gasteiger partial charge in [0.25, 0.3) is 5.43 Å². The van der Waals surface area contributed by atoms with Crippen LogP contribution in [0.25, 0.3) is 33.0 Å². The highest BCUT2D eigenvalue weighted by atomic mass is 16.2. The van der Waals surface area contributed by atoms with Crippen LogP contribution in [-0.4, -0.2) is 19.9 Å². The summed E-state index contributed by atoms with van der Waals surface area (Å²) < 4.78 is 0. The summed E-state index contributed by atoms with van der Waals surface area (Å²) >= 11 is 0. The fourth-order valence-electron chi connectivity index (χ4n) is 2.12. The predicted octanol–water partition coefficient (Wildman–Crippen LogP) is 0.322. The van der Waals surface area contributed by atoms with Gasteiger partial charge in [-0.25, -0.2) is 15.0 Å². The van der Waals surface area contributed by atoms with Gasteiger partial charge < -0.3 is 0 Å². The van der Waals surface area contributed by atoms with Crippen LogP contribution in [0.4, 0.5) is 0 Å². The van der Waals surface area contributed by atoms with Crippen molar-refractivity contribution in [3.05, 3.63) is 45.1 Å². The van der Waals surface area contributed by atoms with Crippen molar-refractivity contribution in [2.45, 2.75) is 0 Å². The molecule has 0 N–H and O–H groups in total. The van der Waals surface area contributed by atoms with Crippen LogP contribution in [-0.2, 0) is 0 Å². The third-order valence-corrected chi connectivity index (χ3v) is 2.93. The van der Waals surface area contributed by atoms with Crippen molar-refractivity contribution in [3.8, 4) is 0 Å². The third-order valence-electron chi connectivity index (χ3n) is 2.93. The van der Waals surface area contributed by atoms with Gasteiger partial charge in [0.15, 0.2) is 5.65 Å². The van der Waals surface area contributed by atoms with E-state index in [9.17, 15) is 9.59 Å². The molecule has 0 aromatic carbocycles. The highest BCUT2D eigenvalue weighted by Crippen LogP contribution is 2.21. The van der Waals surface area contributed by atoms with Gasteiger partial charge in [0, 0.05) is 11.6 Å². The van der Waals surface area contributed by atoms with E-state index in [1.165, 1.54) is 6.20 Å². The molecule has 0 aliphatic carbocycles. The first-order valence-electron chi connectivity index (χ1n) is 5.25. The summed E-state index contributed by atoms with van der Waals surface area (Å²) in [5.74, 6) is 0. The summed E-state index contributed by atoms with van der Waals surface area (Å²) in [5, 5.41) is 0.806. The Morgan fingerprint density at radius 3 is 2.72 bits per heavy atom. The molecule has 6 nitrogen and oxygen atoms in total. The molecular weight excluding hydrogens is 232 g/mol. The fourth-order valence-corrected chi connectivity index (χ4v) is 2.12. The fraction of sp³-hybridized carbons (Fsp3) is 0. The van der Waals surface area contributed by atoms with Crippen LogP contribution in [0, 0.1) is 0 Å². The van der Waals surface area contributed by atoms with E-state index < -0.39 is 11.0 Å². The van der Waals surface area contributed by atoms with E-state index in [0.29, 0.717) is 27.6 Å². The minimum Gasteiger partial charge on any atom is -0.283 e. The first-order chi connectivity index (χ1) is 8.74. The molecule has 0 unspecified atom stereocenters. The average molecular weight is 236 g/mol. The molecule has 0 aliphatic rings. The lowest BCUT2D eigenvalue weighted by Crippen LogP contribution is -2.18. The first-order valence-corrected chi connectivity index (χ1v) is 5.25. The second-order valence-electron chi connectivity index (χ2n) is 3.97. The van der Waals surface area contributed by atoms with Crippen LogP contribution in [0.2, 0.25) is 0 Å². The van der Waals surface area contributed by atoms with Gasteiger partial charge in [-0.1, -0.05) is 0 Å². The van der Waals surface area contributed by atoms with Gasteiger partial charge in [-0.05, 0) is 12.1 Å². The zero-order valence-electron chi connectivity index (χ0n) is 8.91. The molecule has 0 aliphatic heterocycles. The molecule has 0 saturated heterocycles. The van der Waals surface area contributed by atoms with Crippen molar-refractivity contribution in [2.24, 2.45) is 0 Å². The Morgan fingerprint density at radius 1 is 0.944 bits per heavy atom. The van der Waals surface area contributed by atoms with Crippen LogP contribution < -0.4 is 11.0 Å². The zero-order valence-corrected chi connectivity index (χ0v) is 8.91. The second-order valence-corrected chi connectivity index (χ2v) is 3.97. The molecule has 4 heterocycles. The molecule has 0 spiro atoms. The van der Waals surface area contributed by atoms with Gasteiger partial charge >= 0.3 is 5.56 Å². The highest BCUT2D eigenvalue weighted by Gasteiger charge is 2.13. The van der Waals surface area contributed by atoms with Crippen LogP contribution >= 0.6 is 0 Å². The summed E-state index contributed by atoms with van der Waals surface area (Å²) in [6.45, 7) is 0. The molecule has 4 rings (SSSR count). The zero-order chi connectivity index (χ0) is 12.3. The van der Waals surface area contributed by atoms with E-state index in [1.54, 1.807) is 18.3 Å². The first kappa shape index (κ1) is 9.29. The molecule has 0 saturated carbocycles. The van der Waals surface area contributed by atoms with Gasteiger partial charge in [-0.2, -0.15) is 0 Å². The quantitative estimate of drug-likeness (QED) is 0.409. The van der Waals surface area contributed by atoms with Gasteiger partial charge in [0.05, 0.1) is 28.1 Å². The molecule has 84 valence electrons. The summed E-state index contributed by atoms with van der Waals surface area (Å²) in [6.07, 6.45) is 3.03. The summed E-state index contributed by atoms with van der Waals surface area (Å²) in [7, 11) is 0. The minimum absolute atomic E-state index is 0.280. The van der Waals surface area contributed by atoms with E-state index in [1.807, 2.05) is 0 Å². The van der Waals surface area contributed by atoms with Crippen LogP contribution in [0.3, 0.4) is 0 Å². The number of hydrogen-bond acceptors (Lipinski definition) is 6. The molecular formula is C12H4N4O2. The van der Waals surface area contributed by atoms with Crippen molar-refractivity contribution >= 4 is 33.0 Å². The Balaban J connectivity index is 2.39. The third kappa shape index (κ3) is 1.01. The van der Waals surface area contributed by atoms with Gasteiger partial charge in [0.1, 0.15) is 0 Å². The summed E-state index contributed by atoms with van der Waals surface area (Å²) in [6, 6.07) is 3.48. The second kappa shape index (κ2) is 2.92. The molecule has 6 heteroatoms. The number of hydrogen-bond donors (Lipinski definition) is 0. The van der Waals surface area contributed by atoms with Crippen LogP contribution in [0.15, 0.2) is 34.1 Å². The van der Waals surface area contributed by atoms with Crippen LogP contribution in [0.5, 0.6) is 0 Å². The number of aromatic nitrogens is 4. The van der Waals surface area contributed by atoms with Crippen LogP contribution in [0.1, 0.15) is 0 Å². The lowest BCUT2D eigenvalue weighted by Gasteiger charge is -1.97. The molecule has 0 radical (unpaired) electrons. The Kier molecular flexibility index (Phi) is 1.51. The smallest absolute Gasteiger partial charge is 0.283 e. The highest BCUT2D eigenvalue weighted by molar-refractivity contribution is 6.06. The monoisotopic (exact) mass is 236 g/mol. The number of fused-ring (bicyclic) bond motifs is 4. The van der Waals surface area contributed by atoms with Crippen molar-refractivity contribution in [3.63, 3.8) is 0 Å². The lowest BCUT2D eigenvalue weighted by atomic mass is 10.2. The molecule has 0 bridgehead atoms. The Bertz CT molecular complexity index is 1020. The lowest BCUT2D eigenvalue weighted by molar-refractivity contribution is 1.30. The maximum absolute atomic E-state index is 11.8. The van der Waals surface area contributed by atoms with Crippen molar-refractivity contribution < 1.29 is 0 Å². The van der Waals surface area contributed by atoms with Crippen molar-refractivity contribution in [2.75, 3.05) is 0 Å². The Morgan fingerprint density at radius 2 is 1.83 bits per heavy atom. The molecule has 4 aromatic rings. The molecule has 18 heavy (non-hydrogen) atoms. The van der Waals surface area contributed by atoms with E-state index in [0.717, 1.165) is 0 Å². The van der Waals surface area contributed by atoms with Crippen molar-refractivity contribution in [1.82, 2.24) is 19.9 Å². The van der Waals surface area contributed by atoms with Gasteiger partial charge in [-0.15, -0.1) is 0 Å². The summed E-state index contributed by atoms with van der Waals surface area (Å²) in [4.78, 5) is 39.3. The largest absolute Gasteiger partial charge is 0.318 e. The average Bonchev–Trinajstić information content (AvgIpc) is 2.92. The molecule has 0 atom stereocenters. The Labute approximate surface area is 98.7 Å². The van der Waals surface area contributed by atoms with Crippen molar-refractivity contribution in [1.29, 1.82) is 0 Å². The molecule has 0 fully saturated rings. The maximum atomic E-state index is 11.8. The van der Waals surface area contributed by atoms with Gasteiger partial charge in [-0.3, -0.25) is 14.6 Å². The standard InChI is InChI=1S/C12H4N4O2/c17-10-9-5-3-7-6(1-2-13-7)15-11(5)14-4-8(9)16-12(10)18/h1-4H. The SMILES string of the molecule is O=c1nc2cnc3nc4ccnc4cc3c2c1=O. The number of pyridine rings is 2. The topological polar surface area (TPSA) is 85.7 Å². The van der Waals surface area contributed by atoms with E-state index in [2.05, 4.69) is 19.9 Å². The van der Waals surface area contributed by atoms with E-state index in [-0.39, 0.29) is 5.39 Å². The molecule has 4 aromatic heterocycles. The number of rotatable bonds is 0. The van der Waals surface area contributed by atoms with Gasteiger partial charge in [0.2, 0.25) is 0 Å². The maximum Gasteiger partial charge on any atom is 0.318 e. The summed E-state index contributed by atoms with van der Waals surface area (Å²) in [5.41, 5.74) is 0.756. The normalized spacial score (nSPS) is 11.8. The molecule has 0 amide bonds. The Hall–Kier alpha value is -2.76.